The molecular weight excluding hydrogens is 318 g/mol. The molecule has 0 aromatic carbocycles. The number of amides is 1. The summed E-state index contributed by atoms with van der Waals surface area (Å²) in [6.07, 6.45) is 6.88. The van der Waals surface area contributed by atoms with Gasteiger partial charge in [0.25, 0.3) is 0 Å². The van der Waals surface area contributed by atoms with E-state index in [1.54, 1.807) is 0 Å². The lowest BCUT2D eigenvalue weighted by molar-refractivity contribution is -0.132. The number of carbonyl (C=O) groups excluding carboxylic acids is 1. The maximum atomic E-state index is 12.7. The first-order chi connectivity index (χ1) is 12.1. The van der Waals surface area contributed by atoms with Gasteiger partial charge < -0.3 is 14.6 Å². The predicted molar refractivity (Wildman–Crippen MR) is 92.9 cm³/mol. The smallest absolute Gasteiger partial charge is 0.222 e. The maximum Gasteiger partial charge on any atom is 0.222 e. The summed E-state index contributed by atoms with van der Waals surface area (Å²) in [5.74, 6) is 2.82. The summed E-state index contributed by atoms with van der Waals surface area (Å²) in [6, 6.07) is 0.122. The highest BCUT2D eigenvalue weighted by Crippen LogP contribution is 2.31. The molecule has 2 atom stereocenters. The Hall–Kier alpha value is -1.47. The van der Waals surface area contributed by atoms with Crippen LogP contribution in [0.5, 0.6) is 0 Å². The van der Waals surface area contributed by atoms with E-state index in [0.717, 1.165) is 37.7 Å². The number of hydrogen-bond acceptors (Lipinski definition) is 5. The summed E-state index contributed by atoms with van der Waals surface area (Å²) >= 11 is 0. The first-order valence-corrected chi connectivity index (χ1v) is 9.70. The van der Waals surface area contributed by atoms with Crippen molar-refractivity contribution in [2.75, 3.05) is 26.7 Å². The van der Waals surface area contributed by atoms with Gasteiger partial charge in [-0.2, -0.15) is 0 Å². The number of aliphatic hydroxyl groups excluding tert-OH is 1. The van der Waals surface area contributed by atoms with Crippen molar-refractivity contribution in [3.8, 4) is 0 Å². The second kappa shape index (κ2) is 7.03. The normalized spacial score (nSPS) is 28.3. The monoisotopic (exact) mass is 347 g/mol. The number of β-amino-alcohol motifs (C(OH)–C–C–N with tert-alkyl or cyclic N) is 1. The summed E-state index contributed by atoms with van der Waals surface area (Å²) in [5, 5.41) is 18.7. The van der Waals surface area contributed by atoms with Crippen molar-refractivity contribution in [2.45, 2.75) is 63.6 Å². The van der Waals surface area contributed by atoms with E-state index < -0.39 is 0 Å². The van der Waals surface area contributed by atoms with Crippen molar-refractivity contribution in [1.29, 1.82) is 0 Å². The Kier molecular flexibility index (Phi) is 4.78. The van der Waals surface area contributed by atoms with Crippen LogP contribution >= 0.6 is 0 Å². The van der Waals surface area contributed by atoms with Gasteiger partial charge in [0.1, 0.15) is 5.82 Å². The standard InChI is InChI=1S/C18H29N5O2/c1-21-12-14(24)11-15(21)18-20-19-16-6-7-22(8-9-23(16)18)17(25)10-13-4-2-3-5-13/h13-15,24H,2-12H2,1H3/t14-,15+/m1/s1. The second-order valence-electron chi connectivity index (χ2n) is 7.96. The predicted octanol–water partition coefficient (Wildman–Crippen LogP) is 0.981. The quantitative estimate of drug-likeness (QED) is 0.882. The van der Waals surface area contributed by atoms with Crippen LogP contribution in [0, 0.1) is 5.92 Å². The molecule has 0 spiro atoms. The fourth-order valence-electron chi connectivity index (χ4n) is 4.71. The number of nitrogens with zero attached hydrogens (tertiary/aromatic N) is 5. The van der Waals surface area contributed by atoms with Gasteiger partial charge in [-0.3, -0.25) is 9.69 Å². The third-order valence-electron chi connectivity index (χ3n) is 6.17. The molecule has 3 heterocycles. The second-order valence-corrected chi connectivity index (χ2v) is 7.96. The Morgan fingerprint density at radius 2 is 2.00 bits per heavy atom. The van der Waals surface area contributed by atoms with Crippen molar-refractivity contribution in [3.63, 3.8) is 0 Å². The van der Waals surface area contributed by atoms with Crippen LogP contribution < -0.4 is 0 Å². The number of likely N-dealkylation sites (tertiary alicyclic amines) is 1. The average molecular weight is 347 g/mol. The summed E-state index contributed by atoms with van der Waals surface area (Å²) in [5.41, 5.74) is 0. The zero-order valence-electron chi connectivity index (χ0n) is 15.1. The highest BCUT2D eigenvalue weighted by molar-refractivity contribution is 5.76. The van der Waals surface area contributed by atoms with Gasteiger partial charge in [0, 0.05) is 39.0 Å². The molecule has 1 aromatic heterocycles. The van der Waals surface area contributed by atoms with Gasteiger partial charge in [-0.15, -0.1) is 10.2 Å². The minimum atomic E-state index is -0.293. The molecule has 2 fully saturated rings. The highest BCUT2D eigenvalue weighted by atomic mass is 16.3. The van der Waals surface area contributed by atoms with E-state index in [2.05, 4.69) is 19.7 Å². The Morgan fingerprint density at radius 3 is 2.72 bits per heavy atom. The van der Waals surface area contributed by atoms with E-state index >= 15 is 0 Å². The van der Waals surface area contributed by atoms with Gasteiger partial charge in [0.2, 0.25) is 5.91 Å². The average Bonchev–Trinajstić information content (AvgIpc) is 3.26. The number of hydrogen-bond donors (Lipinski definition) is 1. The van der Waals surface area contributed by atoms with E-state index in [0.29, 0.717) is 31.2 Å². The molecule has 2 aliphatic heterocycles. The van der Waals surface area contributed by atoms with Gasteiger partial charge in [0.15, 0.2) is 5.82 Å². The van der Waals surface area contributed by atoms with Gasteiger partial charge >= 0.3 is 0 Å². The van der Waals surface area contributed by atoms with Gasteiger partial charge in [-0.05, 0) is 32.2 Å². The first kappa shape index (κ1) is 17.0. The fourth-order valence-corrected chi connectivity index (χ4v) is 4.71. The maximum absolute atomic E-state index is 12.7. The van der Waals surface area contributed by atoms with Crippen LogP contribution in [0.3, 0.4) is 0 Å². The van der Waals surface area contributed by atoms with E-state index in [1.165, 1.54) is 25.7 Å². The SMILES string of the molecule is CN1C[C@H](O)C[C@H]1c1nnc2n1CCN(C(=O)CC1CCCC1)CC2. The molecule has 4 rings (SSSR count). The van der Waals surface area contributed by atoms with Crippen LogP contribution in [0.4, 0.5) is 0 Å². The lowest BCUT2D eigenvalue weighted by Gasteiger charge is -2.22. The molecule has 1 saturated heterocycles. The molecule has 1 N–H and O–H groups in total. The number of carbonyl (C=O) groups is 1. The topological polar surface area (TPSA) is 74.5 Å². The summed E-state index contributed by atoms with van der Waals surface area (Å²) in [7, 11) is 2.02. The molecule has 1 aliphatic carbocycles. The van der Waals surface area contributed by atoms with Gasteiger partial charge in [-0.1, -0.05) is 12.8 Å². The van der Waals surface area contributed by atoms with Gasteiger partial charge in [-0.25, -0.2) is 0 Å². The Labute approximate surface area is 149 Å². The first-order valence-electron chi connectivity index (χ1n) is 9.70. The van der Waals surface area contributed by atoms with Crippen molar-refractivity contribution in [2.24, 2.45) is 5.92 Å². The largest absolute Gasteiger partial charge is 0.392 e. The lowest BCUT2D eigenvalue weighted by atomic mass is 10.0. The van der Waals surface area contributed by atoms with Crippen molar-refractivity contribution in [3.05, 3.63) is 11.6 Å². The zero-order valence-corrected chi connectivity index (χ0v) is 15.1. The highest BCUT2D eigenvalue weighted by Gasteiger charge is 2.34. The number of likely N-dealkylation sites (N-methyl/N-ethyl adjacent to an activating group) is 1. The zero-order chi connectivity index (χ0) is 17.4. The van der Waals surface area contributed by atoms with E-state index in [-0.39, 0.29) is 12.1 Å². The van der Waals surface area contributed by atoms with Crippen LogP contribution in [0.2, 0.25) is 0 Å². The fraction of sp³-hybridized carbons (Fsp3) is 0.833. The third-order valence-corrected chi connectivity index (χ3v) is 6.17. The minimum absolute atomic E-state index is 0.122. The Balaban J connectivity index is 1.43. The minimum Gasteiger partial charge on any atom is -0.392 e. The molecule has 3 aliphatic rings. The molecule has 1 aromatic rings. The molecule has 138 valence electrons. The molecule has 1 amide bonds. The molecule has 0 radical (unpaired) electrons. The Bertz CT molecular complexity index is 625. The van der Waals surface area contributed by atoms with Crippen LogP contribution in [0.25, 0.3) is 0 Å². The summed E-state index contributed by atoms with van der Waals surface area (Å²) < 4.78 is 2.18. The van der Waals surface area contributed by atoms with Crippen LogP contribution in [0.15, 0.2) is 0 Å². The summed E-state index contributed by atoms with van der Waals surface area (Å²) in [6.45, 7) is 2.92. The third kappa shape index (κ3) is 3.44. The Morgan fingerprint density at radius 1 is 1.20 bits per heavy atom. The molecular formula is C18H29N5O2. The number of fused-ring (bicyclic) bond motifs is 1. The molecule has 7 nitrogen and oxygen atoms in total. The molecule has 7 heteroatoms. The molecule has 25 heavy (non-hydrogen) atoms. The van der Waals surface area contributed by atoms with E-state index in [9.17, 15) is 9.90 Å². The van der Waals surface area contributed by atoms with Crippen molar-refractivity contribution in [1.82, 2.24) is 24.6 Å². The number of rotatable bonds is 3. The van der Waals surface area contributed by atoms with Crippen molar-refractivity contribution < 1.29 is 9.90 Å². The molecule has 0 bridgehead atoms. The lowest BCUT2D eigenvalue weighted by Crippen LogP contribution is -2.34. The summed E-state index contributed by atoms with van der Waals surface area (Å²) in [4.78, 5) is 16.8. The van der Waals surface area contributed by atoms with E-state index in [1.807, 2.05) is 11.9 Å². The van der Waals surface area contributed by atoms with E-state index in [4.69, 9.17) is 0 Å². The van der Waals surface area contributed by atoms with Crippen LogP contribution in [-0.2, 0) is 17.8 Å². The van der Waals surface area contributed by atoms with Crippen LogP contribution in [-0.4, -0.2) is 68.4 Å². The number of aliphatic hydroxyl groups is 1. The number of aromatic nitrogens is 3. The van der Waals surface area contributed by atoms with Gasteiger partial charge in [0.05, 0.1) is 12.1 Å². The molecule has 1 saturated carbocycles. The van der Waals surface area contributed by atoms with Crippen LogP contribution in [0.1, 0.15) is 56.2 Å². The molecule has 0 unspecified atom stereocenters. The van der Waals surface area contributed by atoms with Crippen molar-refractivity contribution >= 4 is 5.91 Å².